The van der Waals surface area contributed by atoms with Gasteiger partial charge in [-0.3, -0.25) is 19.8 Å². The Morgan fingerprint density at radius 3 is 2.77 bits per heavy atom. The molecule has 0 unspecified atom stereocenters. The van der Waals surface area contributed by atoms with Gasteiger partial charge in [0.25, 0.3) is 0 Å². The summed E-state index contributed by atoms with van der Waals surface area (Å²) in [6.07, 6.45) is 5.06. The normalized spacial score (nSPS) is 21.5. The van der Waals surface area contributed by atoms with Crippen LogP contribution < -0.4 is 5.32 Å². The van der Waals surface area contributed by atoms with E-state index in [4.69, 9.17) is 6.42 Å². The van der Waals surface area contributed by atoms with E-state index in [0.717, 1.165) is 4.90 Å². The minimum absolute atomic E-state index is 0.0583. The summed E-state index contributed by atoms with van der Waals surface area (Å²) in [6, 6.07) is 0. The van der Waals surface area contributed by atoms with E-state index in [-0.39, 0.29) is 24.9 Å². The quantitative estimate of drug-likeness (QED) is 0.431. The van der Waals surface area contributed by atoms with Crippen LogP contribution in [0.1, 0.15) is 13.8 Å². The van der Waals surface area contributed by atoms with Crippen molar-refractivity contribution in [2.24, 2.45) is 0 Å². The number of carbonyl (C=O) groups excluding carboxylic acids is 2. The third kappa shape index (κ3) is 1.70. The lowest BCUT2D eigenvalue weighted by Crippen LogP contribution is -2.63. The summed E-state index contributed by atoms with van der Waals surface area (Å²) in [7, 11) is 0. The first-order valence-electron chi connectivity index (χ1n) is 4.02. The van der Waals surface area contributed by atoms with Gasteiger partial charge >= 0.3 is 0 Å². The molecule has 2 amide bonds. The number of piperazine rings is 1. The van der Waals surface area contributed by atoms with E-state index in [9.17, 15) is 9.59 Å². The molecule has 0 bridgehead atoms. The van der Waals surface area contributed by atoms with E-state index in [1.165, 1.54) is 0 Å². The van der Waals surface area contributed by atoms with Crippen LogP contribution in [0.4, 0.5) is 0 Å². The van der Waals surface area contributed by atoms with E-state index in [1.54, 1.807) is 13.8 Å². The molecule has 1 heterocycles. The molecule has 13 heavy (non-hydrogen) atoms. The molecular weight excluding hydrogens is 168 g/mol. The van der Waals surface area contributed by atoms with Gasteiger partial charge in [0.15, 0.2) is 0 Å². The Morgan fingerprint density at radius 2 is 2.23 bits per heavy atom. The van der Waals surface area contributed by atoms with E-state index in [2.05, 4.69) is 11.2 Å². The molecule has 0 aromatic carbocycles. The number of nitrogens with one attached hydrogen (secondary N) is 1. The molecule has 1 N–H and O–H groups in total. The predicted octanol–water partition coefficient (Wildman–Crippen LogP) is -0.643. The molecule has 1 aliphatic rings. The van der Waals surface area contributed by atoms with Crippen molar-refractivity contribution >= 4 is 11.8 Å². The summed E-state index contributed by atoms with van der Waals surface area (Å²) in [5.74, 6) is 1.77. The molecule has 0 radical (unpaired) electrons. The number of nitrogens with zero attached hydrogens (tertiary/aromatic N) is 1. The van der Waals surface area contributed by atoms with Crippen molar-refractivity contribution < 1.29 is 9.59 Å². The fourth-order valence-electron chi connectivity index (χ4n) is 1.17. The Balaban J connectivity index is 2.86. The van der Waals surface area contributed by atoms with Crippen molar-refractivity contribution in [1.29, 1.82) is 0 Å². The van der Waals surface area contributed by atoms with Gasteiger partial charge in [-0.25, -0.2) is 0 Å². The van der Waals surface area contributed by atoms with Gasteiger partial charge in [0.1, 0.15) is 0 Å². The lowest BCUT2D eigenvalue weighted by Gasteiger charge is -2.35. The van der Waals surface area contributed by atoms with Crippen molar-refractivity contribution in [2.45, 2.75) is 19.4 Å². The van der Waals surface area contributed by atoms with Crippen LogP contribution in [0.25, 0.3) is 0 Å². The molecule has 0 atom stereocenters. The molecule has 1 saturated heterocycles. The smallest absolute Gasteiger partial charge is 0.249 e. The second kappa shape index (κ2) is 3.19. The van der Waals surface area contributed by atoms with Crippen molar-refractivity contribution in [3.63, 3.8) is 0 Å². The molecule has 70 valence electrons. The lowest BCUT2D eigenvalue weighted by molar-refractivity contribution is -0.151. The highest BCUT2D eigenvalue weighted by molar-refractivity contribution is 6.03. The van der Waals surface area contributed by atoms with Crippen molar-refractivity contribution in [2.75, 3.05) is 13.1 Å². The van der Waals surface area contributed by atoms with Gasteiger partial charge in [0, 0.05) is 0 Å². The summed E-state index contributed by atoms with van der Waals surface area (Å²) >= 11 is 0. The van der Waals surface area contributed by atoms with E-state index in [0.29, 0.717) is 0 Å². The third-order valence-electron chi connectivity index (χ3n) is 2.01. The highest BCUT2D eigenvalue weighted by atomic mass is 16.2. The molecule has 0 aromatic rings. The molecule has 0 aromatic heterocycles. The first-order valence-corrected chi connectivity index (χ1v) is 4.02. The summed E-state index contributed by atoms with van der Waals surface area (Å²) in [5.41, 5.74) is -0.690. The number of imide groups is 1. The van der Waals surface area contributed by atoms with Crippen LogP contribution in [0.2, 0.25) is 0 Å². The lowest BCUT2D eigenvalue weighted by atomic mass is 10.0. The van der Waals surface area contributed by atoms with Gasteiger partial charge < -0.3 is 0 Å². The monoisotopic (exact) mass is 180 g/mol. The molecule has 4 heteroatoms. The number of hydrogen-bond acceptors (Lipinski definition) is 3. The molecule has 0 spiro atoms. The van der Waals surface area contributed by atoms with Crippen LogP contribution >= 0.6 is 0 Å². The summed E-state index contributed by atoms with van der Waals surface area (Å²) in [4.78, 5) is 23.9. The third-order valence-corrected chi connectivity index (χ3v) is 2.01. The standard InChI is InChI=1S/C9H12N2O2/c1-4-5-11-7(12)6-10-9(2,3)8(11)13/h1,10H,5-6H2,2-3H3. The molecule has 1 rings (SSSR count). The van der Waals surface area contributed by atoms with E-state index < -0.39 is 5.54 Å². The zero-order chi connectivity index (χ0) is 10.1. The zero-order valence-corrected chi connectivity index (χ0v) is 7.76. The van der Waals surface area contributed by atoms with Gasteiger partial charge in [0.05, 0.1) is 18.6 Å². The number of hydrogen-bond donors (Lipinski definition) is 1. The average Bonchev–Trinajstić information content (AvgIpc) is 2.07. The Hall–Kier alpha value is -1.34. The predicted molar refractivity (Wildman–Crippen MR) is 47.6 cm³/mol. The second-order valence-electron chi connectivity index (χ2n) is 3.47. The Bertz CT molecular complexity index is 288. The van der Waals surface area contributed by atoms with Crippen LogP contribution in [0.3, 0.4) is 0 Å². The summed E-state index contributed by atoms with van der Waals surface area (Å²) in [6.45, 7) is 3.68. The van der Waals surface area contributed by atoms with E-state index >= 15 is 0 Å². The number of rotatable bonds is 1. The van der Waals surface area contributed by atoms with Crippen molar-refractivity contribution in [3.05, 3.63) is 0 Å². The first-order chi connectivity index (χ1) is 5.99. The Morgan fingerprint density at radius 1 is 1.62 bits per heavy atom. The van der Waals surface area contributed by atoms with Crippen molar-refractivity contribution in [3.8, 4) is 12.3 Å². The number of terminal acetylenes is 1. The van der Waals surface area contributed by atoms with Crippen LogP contribution in [0.5, 0.6) is 0 Å². The minimum Gasteiger partial charge on any atom is -0.295 e. The highest BCUT2D eigenvalue weighted by Crippen LogP contribution is 2.12. The van der Waals surface area contributed by atoms with Gasteiger partial charge in [-0.15, -0.1) is 6.42 Å². The van der Waals surface area contributed by atoms with Crippen LogP contribution in [0.15, 0.2) is 0 Å². The maximum atomic E-state index is 11.6. The average molecular weight is 180 g/mol. The van der Waals surface area contributed by atoms with Crippen LogP contribution in [0, 0.1) is 12.3 Å². The number of carbonyl (C=O) groups is 2. The fourth-order valence-corrected chi connectivity index (χ4v) is 1.17. The van der Waals surface area contributed by atoms with Gasteiger partial charge in [-0.1, -0.05) is 5.92 Å². The minimum atomic E-state index is -0.690. The van der Waals surface area contributed by atoms with Gasteiger partial charge in [0.2, 0.25) is 11.8 Å². The topological polar surface area (TPSA) is 49.4 Å². The molecular formula is C9H12N2O2. The zero-order valence-electron chi connectivity index (χ0n) is 7.76. The summed E-state index contributed by atoms with van der Waals surface area (Å²) in [5, 5.41) is 2.84. The maximum absolute atomic E-state index is 11.6. The van der Waals surface area contributed by atoms with Crippen LogP contribution in [-0.4, -0.2) is 35.3 Å². The second-order valence-corrected chi connectivity index (χ2v) is 3.47. The largest absolute Gasteiger partial charge is 0.295 e. The molecule has 0 saturated carbocycles. The summed E-state index contributed by atoms with van der Waals surface area (Å²) < 4.78 is 0. The molecule has 0 aliphatic carbocycles. The Kier molecular flexibility index (Phi) is 2.39. The molecule has 1 aliphatic heterocycles. The maximum Gasteiger partial charge on any atom is 0.249 e. The van der Waals surface area contributed by atoms with E-state index in [1.807, 2.05) is 0 Å². The first kappa shape index (κ1) is 9.75. The molecule has 4 nitrogen and oxygen atoms in total. The van der Waals surface area contributed by atoms with Gasteiger partial charge in [-0.2, -0.15) is 0 Å². The fraction of sp³-hybridized carbons (Fsp3) is 0.556. The highest BCUT2D eigenvalue weighted by Gasteiger charge is 2.39. The van der Waals surface area contributed by atoms with Crippen LogP contribution in [-0.2, 0) is 9.59 Å². The molecule has 1 fully saturated rings. The van der Waals surface area contributed by atoms with Gasteiger partial charge in [-0.05, 0) is 13.8 Å². The number of amides is 2. The SMILES string of the molecule is C#CCN1C(=O)CNC(C)(C)C1=O. The van der Waals surface area contributed by atoms with Crippen molar-refractivity contribution in [1.82, 2.24) is 10.2 Å². The Labute approximate surface area is 77.3 Å².